The van der Waals surface area contributed by atoms with Crippen LogP contribution in [-0.2, 0) is 6.54 Å². The zero-order valence-electron chi connectivity index (χ0n) is 10.6. The fraction of sp³-hybridized carbons (Fsp3) is 0.286. The number of hydrogen-bond donors (Lipinski definition) is 2. The van der Waals surface area contributed by atoms with Crippen LogP contribution in [0.25, 0.3) is 0 Å². The number of aliphatic hydroxyl groups is 1. The van der Waals surface area contributed by atoms with E-state index in [9.17, 15) is 5.11 Å². The number of fused-ring (bicyclic) bond motifs is 1. The predicted molar refractivity (Wildman–Crippen MR) is 81.3 cm³/mol. The second-order valence-electron chi connectivity index (χ2n) is 4.43. The molecule has 0 saturated carbocycles. The highest BCUT2D eigenvalue weighted by Gasteiger charge is 2.21. The Morgan fingerprint density at radius 3 is 3.05 bits per heavy atom. The van der Waals surface area contributed by atoms with Crippen molar-refractivity contribution in [1.82, 2.24) is 5.32 Å². The minimum Gasteiger partial charge on any atom is -0.454 e. The first-order chi connectivity index (χ1) is 9.78. The van der Waals surface area contributed by atoms with Crippen molar-refractivity contribution in [3.63, 3.8) is 0 Å². The minimum atomic E-state index is -0.136. The summed E-state index contributed by atoms with van der Waals surface area (Å²) in [4.78, 5) is 1.24. The van der Waals surface area contributed by atoms with Crippen molar-refractivity contribution < 1.29 is 14.6 Å². The molecule has 0 fully saturated rings. The second-order valence-corrected chi connectivity index (χ2v) is 6.32. The van der Waals surface area contributed by atoms with Crippen molar-refractivity contribution in [3.05, 3.63) is 44.6 Å². The third-order valence-electron chi connectivity index (χ3n) is 3.14. The van der Waals surface area contributed by atoms with Gasteiger partial charge in [-0.15, -0.1) is 11.3 Å². The van der Waals surface area contributed by atoms with Crippen molar-refractivity contribution in [2.45, 2.75) is 12.6 Å². The summed E-state index contributed by atoms with van der Waals surface area (Å²) < 4.78 is 11.6. The van der Waals surface area contributed by atoms with Crippen molar-refractivity contribution in [2.75, 3.05) is 13.4 Å². The number of benzene rings is 1. The molecule has 20 heavy (non-hydrogen) atoms. The van der Waals surface area contributed by atoms with Gasteiger partial charge in [0.25, 0.3) is 0 Å². The second kappa shape index (κ2) is 6.13. The summed E-state index contributed by atoms with van der Waals surface area (Å²) in [5.41, 5.74) is 0.972. The Balaban J connectivity index is 1.77. The van der Waals surface area contributed by atoms with E-state index < -0.39 is 0 Å². The summed E-state index contributed by atoms with van der Waals surface area (Å²) in [7, 11) is 0. The summed E-state index contributed by atoms with van der Waals surface area (Å²) in [6.07, 6.45) is 0. The third-order valence-corrected chi connectivity index (χ3v) is 4.60. The lowest BCUT2D eigenvalue weighted by molar-refractivity contribution is 0.173. The van der Waals surface area contributed by atoms with Gasteiger partial charge >= 0.3 is 0 Å². The molecule has 3 rings (SSSR count). The molecular formula is C14H14BrNO3S. The largest absolute Gasteiger partial charge is 0.454 e. The summed E-state index contributed by atoms with van der Waals surface area (Å²) >= 11 is 5.17. The molecule has 1 aliphatic heterocycles. The summed E-state index contributed by atoms with van der Waals surface area (Å²) in [6.45, 7) is 0.996. The van der Waals surface area contributed by atoms with Gasteiger partial charge in [0.1, 0.15) is 0 Å². The number of nitrogens with one attached hydrogen (secondary N) is 1. The molecule has 0 bridgehead atoms. The molecule has 1 aromatic carbocycles. The highest BCUT2D eigenvalue weighted by molar-refractivity contribution is 9.10. The van der Waals surface area contributed by atoms with Gasteiger partial charge in [0.05, 0.1) is 17.1 Å². The van der Waals surface area contributed by atoms with Crippen LogP contribution in [0.2, 0.25) is 0 Å². The normalized spacial score (nSPS) is 14.5. The molecule has 0 aliphatic carbocycles. The fourth-order valence-electron chi connectivity index (χ4n) is 2.11. The molecule has 1 unspecified atom stereocenters. The number of rotatable bonds is 5. The van der Waals surface area contributed by atoms with Gasteiger partial charge in [-0.05, 0) is 45.1 Å². The first-order valence-electron chi connectivity index (χ1n) is 6.23. The Hall–Kier alpha value is -1.08. The van der Waals surface area contributed by atoms with E-state index in [-0.39, 0.29) is 19.4 Å². The number of ether oxygens (including phenoxy) is 2. The van der Waals surface area contributed by atoms with Crippen molar-refractivity contribution in [1.29, 1.82) is 0 Å². The summed E-state index contributed by atoms with van der Waals surface area (Å²) in [5.74, 6) is 1.44. The highest BCUT2D eigenvalue weighted by atomic mass is 79.9. The average Bonchev–Trinajstić information content (AvgIpc) is 3.10. The zero-order chi connectivity index (χ0) is 13.9. The van der Waals surface area contributed by atoms with Gasteiger partial charge < -0.3 is 19.9 Å². The van der Waals surface area contributed by atoms with Crippen LogP contribution in [-0.4, -0.2) is 18.5 Å². The first-order valence-corrected chi connectivity index (χ1v) is 7.91. The molecule has 1 atom stereocenters. The molecule has 0 radical (unpaired) electrons. The van der Waals surface area contributed by atoms with Gasteiger partial charge in [0.2, 0.25) is 6.79 Å². The zero-order valence-corrected chi connectivity index (χ0v) is 13.0. The Morgan fingerprint density at radius 1 is 1.40 bits per heavy atom. The third kappa shape index (κ3) is 2.83. The minimum absolute atomic E-state index is 0.0253. The van der Waals surface area contributed by atoms with E-state index in [4.69, 9.17) is 9.47 Å². The molecule has 0 spiro atoms. The number of aliphatic hydroxyl groups excluding tert-OH is 1. The van der Waals surface area contributed by atoms with Gasteiger partial charge in [-0.3, -0.25) is 0 Å². The fourth-order valence-corrected chi connectivity index (χ4v) is 3.34. The Morgan fingerprint density at radius 2 is 2.30 bits per heavy atom. The summed E-state index contributed by atoms with van der Waals surface area (Å²) in [6, 6.07) is 7.82. The first kappa shape index (κ1) is 13.9. The van der Waals surface area contributed by atoms with E-state index in [1.807, 2.05) is 23.6 Å². The van der Waals surface area contributed by atoms with E-state index in [0.717, 1.165) is 22.3 Å². The lowest BCUT2D eigenvalue weighted by Gasteiger charge is -2.17. The summed E-state index contributed by atoms with van der Waals surface area (Å²) in [5, 5.41) is 15.0. The van der Waals surface area contributed by atoms with Crippen LogP contribution in [0.3, 0.4) is 0 Å². The predicted octanol–water partition coefficient (Wildman–Crippen LogP) is 3.06. The highest BCUT2D eigenvalue weighted by Crippen LogP contribution is 2.41. The monoisotopic (exact) mass is 355 g/mol. The van der Waals surface area contributed by atoms with E-state index in [1.165, 1.54) is 4.88 Å². The number of halogens is 1. The molecule has 0 saturated heterocycles. The quantitative estimate of drug-likeness (QED) is 0.865. The van der Waals surface area contributed by atoms with Gasteiger partial charge in [0, 0.05) is 11.4 Å². The number of hydrogen-bond acceptors (Lipinski definition) is 5. The van der Waals surface area contributed by atoms with Crippen LogP contribution in [0.5, 0.6) is 11.5 Å². The topological polar surface area (TPSA) is 50.7 Å². The molecule has 4 nitrogen and oxygen atoms in total. The molecular weight excluding hydrogens is 342 g/mol. The van der Waals surface area contributed by atoms with E-state index in [1.54, 1.807) is 11.3 Å². The standard InChI is InChI=1S/C14H14BrNO3S/c15-11-4-9(5-13-14(11)19-8-18-13)12(7-17)16-6-10-2-1-3-20-10/h1-5,12,16-17H,6-8H2. The lowest BCUT2D eigenvalue weighted by Crippen LogP contribution is -2.23. The molecule has 106 valence electrons. The molecule has 2 aromatic rings. The molecule has 6 heteroatoms. The maximum Gasteiger partial charge on any atom is 0.231 e. The van der Waals surface area contributed by atoms with Crippen molar-refractivity contribution >= 4 is 27.3 Å². The van der Waals surface area contributed by atoms with Crippen LogP contribution >= 0.6 is 27.3 Å². The number of thiophene rings is 1. The molecule has 2 N–H and O–H groups in total. The average molecular weight is 356 g/mol. The van der Waals surface area contributed by atoms with E-state index in [0.29, 0.717) is 5.75 Å². The van der Waals surface area contributed by atoms with Crippen molar-refractivity contribution in [3.8, 4) is 11.5 Å². The van der Waals surface area contributed by atoms with Crippen LogP contribution in [0.15, 0.2) is 34.1 Å². The maximum absolute atomic E-state index is 9.60. The maximum atomic E-state index is 9.60. The SMILES string of the molecule is OCC(NCc1cccs1)c1cc(Br)c2c(c1)OCO2. The van der Waals surface area contributed by atoms with Crippen LogP contribution in [0.1, 0.15) is 16.5 Å². The Kier molecular flexibility index (Phi) is 4.26. The van der Waals surface area contributed by atoms with Crippen LogP contribution in [0.4, 0.5) is 0 Å². The van der Waals surface area contributed by atoms with Gasteiger partial charge in [-0.1, -0.05) is 6.07 Å². The molecule has 2 heterocycles. The van der Waals surface area contributed by atoms with Gasteiger partial charge in [0.15, 0.2) is 11.5 Å². The smallest absolute Gasteiger partial charge is 0.231 e. The Bertz CT molecular complexity index is 588. The van der Waals surface area contributed by atoms with Crippen LogP contribution in [0, 0.1) is 0 Å². The lowest BCUT2D eigenvalue weighted by atomic mass is 10.1. The van der Waals surface area contributed by atoms with Gasteiger partial charge in [-0.25, -0.2) is 0 Å². The Labute approximate surface area is 129 Å². The van der Waals surface area contributed by atoms with Crippen molar-refractivity contribution in [2.24, 2.45) is 0 Å². The van der Waals surface area contributed by atoms with E-state index in [2.05, 4.69) is 27.3 Å². The molecule has 1 aliphatic rings. The van der Waals surface area contributed by atoms with Crippen LogP contribution < -0.4 is 14.8 Å². The van der Waals surface area contributed by atoms with E-state index >= 15 is 0 Å². The molecule has 0 amide bonds. The molecule has 1 aromatic heterocycles. The van der Waals surface area contributed by atoms with Gasteiger partial charge in [-0.2, -0.15) is 0 Å².